The van der Waals surface area contributed by atoms with E-state index in [-0.39, 0.29) is 5.91 Å². The van der Waals surface area contributed by atoms with Crippen LogP contribution in [0.5, 0.6) is 0 Å². The maximum absolute atomic E-state index is 12.1. The number of aromatic nitrogens is 1. The van der Waals surface area contributed by atoms with Crippen molar-refractivity contribution >= 4 is 22.9 Å². The molecule has 4 nitrogen and oxygen atoms in total. The molecular weight excluding hydrogens is 282 g/mol. The zero-order valence-corrected chi connectivity index (χ0v) is 12.7. The van der Waals surface area contributed by atoms with Crippen molar-refractivity contribution in [1.82, 2.24) is 10.3 Å². The maximum atomic E-state index is 12.1. The van der Waals surface area contributed by atoms with E-state index >= 15 is 0 Å². The fraction of sp³-hybridized carbons (Fsp3) is 0.375. The van der Waals surface area contributed by atoms with Gasteiger partial charge in [-0.05, 0) is 56.1 Å². The summed E-state index contributed by atoms with van der Waals surface area (Å²) in [6, 6.07) is 7.88. The van der Waals surface area contributed by atoms with Gasteiger partial charge in [-0.25, -0.2) is 4.98 Å². The van der Waals surface area contributed by atoms with E-state index in [1.54, 1.807) is 17.5 Å². The van der Waals surface area contributed by atoms with E-state index in [2.05, 4.69) is 15.6 Å². The fourth-order valence-corrected chi connectivity index (χ4v) is 3.27. The summed E-state index contributed by atoms with van der Waals surface area (Å²) in [5, 5.41) is 9.27. The molecule has 2 heterocycles. The van der Waals surface area contributed by atoms with Crippen LogP contribution in [0.2, 0.25) is 0 Å². The van der Waals surface area contributed by atoms with E-state index in [9.17, 15) is 4.79 Å². The average Bonchev–Trinajstić information content (AvgIpc) is 3.03. The number of amides is 1. The van der Waals surface area contributed by atoms with Gasteiger partial charge in [0.15, 0.2) is 0 Å². The lowest BCUT2D eigenvalue weighted by Crippen LogP contribution is -2.30. The Labute approximate surface area is 128 Å². The normalized spacial score (nSPS) is 15.8. The van der Waals surface area contributed by atoms with Gasteiger partial charge in [-0.3, -0.25) is 4.79 Å². The molecule has 1 saturated heterocycles. The summed E-state index contributed by atoms with van der Waals surface area (Å²) in [4.78, 5) is 16.3. The number of carbonyl (C=O) groups is 1. The highest BCUT2D eigenvalue weighted by molar-refractivity contribution is 7.13. The van der Waals surface area contributed by atoms with Gasteiger partial charge in [0.1, 0.15) is 5.01 Å². The van der Waals surface area contributed by atoms with Gasteiger partial charge in [-0.1, -0.05) is 0 Å². The molecular formula is C16H19N3OS. The number of nitrogens with zero attached hydrogens (tertiary/aromatic N) is 1. The van der Waals surface area contributed by atoms with Gasteiger partial charge >= 0.3 is 0 Å². The predicted octanol–water partition coefficient (Wildman–Crippen LogP) is 3.14. The van der Waals surface area contributed by atoms with Gasteiger partial charge in [0, 0.05) is 29.2 Å². The Morgan fingerprint density at radius 1 is 1.29 bits per heavy atom. The first kappa shape index (κ1) is 14.2. The number of carbonyl (C=O) groups excluding carboxylic acids is 1. The van der Waals surface area contributed by atoms with Crippen LogP contribution >= 0.6 is 11.3 Å². The number of rotatable bonds is 4. The van der Waals surface area contributed by atoms with E-state index < -0.39 is 0 Å². The van der Waals surface area contributed by atoms with Crippen molar-refractivity contribution in [3.8, 4) is 10.6 Å². The molecule has 21 heavy (non-hydrogen) atoms. The van der Waals surface area contributed by atoms with Crippen LogP contribution in [-0.4, -0.2) is 24.0 Å². The molecule has 0 radical (unpaired) electrons. The summed E-state index contributed by atoms with van der Waals surface area (Å²) in [6.45, 7) is 2.06. The van der Waals surface area contributed by atoms with Gasteiger partial charge in [-0.15, -0.1) is 11.3 Å². The molecule has 3 rings (SSSR count). The van der Waals surface area contributed by atoms with Crippen LogP contribution in [0, 0.1) is 5.92 Å². The van der Waals surface area contributed by atoms with Gasteiger partial charge in [0.25, 0.3) is 0 Å². The van der Waals surface area contributed by atoms with Crippen molar-refractivity contribution < 1.29 is 4.79 Å². The van der Waals surface area contributed by atoms with Crippen molar-refractivity contribution in [2.45, 2.75) is 19.3 Å². The third-order valence-electron chi connectivity index (χ3n) is 3.78. The minimum Gasteiger partial charge on any atom is -0.326 e. The molecule has 0 spiro atoms. The largest absolute Gasteiger partial charge is 0.326 e. The Kier molecular flexibility index (Phi) is 4.62. The highest BCUT2D eigenvalue weighted by Crippen LogP contribution is 2.23. The summed E-state index contributed by atoms with van der Waals surface area (Å²) in [7, 11) is 0. The molecule has 1 amide bonds. The van der Waals surface area contributed by atoms with Crippen molar-refractivity contribution in [3.05, 3.63) is 35.8 Å². The highest BCUT2D eigenvalue weighted by atomic mass is 32.1. The molecule has 1 aliphatic rings. The number of anilines is 1. The van der Waals surface area contributed by atoms with E-state index in [0.29, 0.717) is 12.3 Å². The first-order chi connectivity index (χ1) is 10.3. The number of hydrogen-bond donors (Lipinski definition) is 2. The molecule has 110 valence electrons. The van der Waals surface area contributed by atoms with E-state index in [1.807, 2.05) is 29.6 Å². The topological polar surface area (TPSA) is 54.0 Å². The second kappa shape index (κ2) is 6.83. The summed E-state index contributed by atoms with van der Waals surface area (Å²) >= 11 is 1.61. The second-order valence-corrected chi connectivity index (χ2v) is 6.25. The molecule has 0 bridgehead atoms. The van der Waals surface area contributed by atoms with Crippen molar-refractivity contribution in [2.24, 2.45) is 5.92 Å². The van der Waals surface area contributed by atoms with Crippen LogP contribution in [0.1, 0.15) is 19.3 Å². The fourth-order valence-electron chi connectivity index (χ4n) is 2.62. The molecule has 1 aliphatic heterocycles. The lowest BCUT2D eigenvalue weighted by Gasteiger charge is -2.21. The maximum Gasteiger partial charge on any atom is 0.224 e. The minimum absolute atomic E-state index is 0.115. The number of benzene rings is 1. The Hall–Kier alpha value is -1.72. The van der Waals surface area contributed by atoms with Crippen LogP contribution in [-0.2, 0) is 4.79 Å². The van der Waals surface area contributed by atoms with E-state index in [0.717, 1.165) is 42.2 Å². The third-order valence-corrected chi connectivity index (χ3v) is 4.60. The van der Waals surface area contributed by atoms with E-state index in [1.165, 1.54) is 0 Å². The molecule has 1 aromatic heterocycles. The summed E-state index contributed by atoms with van der Waals surface area (Å²) < 4.78 is 0. The Balaban J connectivity index is 1.56. The number of hydrogen-bond acceptors (Lipinski definition) is 4. The molecule has 5 heteroatoms. The van der Waals surface area contributed by atoms with Crippen molar-refractivity contribution in [2.75, 3.05) is 18.4 Å². The van der Waals surface area contributed by atoms with Crippen molar-refractivity contribution in [1.29, 1.82) is 0 Å². The monoisotopic (exact) mass is 301 g/mol. The molecule has 0 aliphatic carbocycles. The summed E-state index contributed by atoms with van der Waals surface area (Å²) in [6.07, 6.45) is 4.61. The molecule has 0 saturated carbocycles. The second-order valence-electron chi connectivity index (χ2n) is 5.36. The Bertz CT molecular complexity index is 574. The zero-order valence-electron chi connectivity index (χ0n) is 11.8. The molecule has 1 aromatic carbocycles. The van der Waals surface area contributed by atoms with E-state index in [4.69, 9.17) is 0 Å². The molecule has 1 fully saturated rings. The summed E-state index contributed by atoms with van der Waals surface area (Å²) in [5.74, 6) is 0.629. The average molecular weight is 301 g/mol. The predicted molar refractivity (Wildman–Crippen MR) is 86.4 cm³/mol. The van der Waals surface area contributed by atoms with Crippen LogP contribution in [0.25, 0.3) is 10.6 Å². The SMILES string of the molecule is O=C(CC1CCNCC1)Nc1ccc(-c2nccs2)cc1. The molecule has 2 aromatic rings. The quantitative estimate of drug-likeness (QED) is 0.912. The lowest BCUT2D eigenvalue weighted by molar-refractivity contribution is -0.117. The Morgan fingerprint density at radius 3 is 2.71 bits per heavy atom. The molecule has 0 atom stereocenters. The van der Waals surface area contributed by atoms with Gasteiger partial charge in [0.2, 0.25) is 5.91 Å². The standard InChI is InChI=1S/C16H19N3OS/c20-15(11-12-5-7-17-8-6-12)19-14-3-1-13(2-4-14)16-18-9-10-21-16/h1-4,9-10,12,17H,5-8,11H2,(H,19,20). The smallest absolute Gasteiger partial charge is 0.224 e. The number of piperidine rings is 1. The zero-order chi connectivity index (χ0) is 14.5. The van der Waals surface area contributed by atoms with Gasteiger partial charge < -0.3 is 10.6 Å². The van der Waals surface area contributed by atoms with Crippen LogP contribution in [0.4, 0.5) is 5.69 Å². The third kappa shape index (κ3) is 3.89. The van der Waals surface area contributed by atoms with Crippen LogP contribution in [0.3, 0.4) is 0 Å². The highest BCUT2D eigenvalue weighted by Gasteiger charge is 2.16. The molecule has 2 N–H and O–H groups in total. The van der Waals surface area contributed by atoms with Gasteiger partial charge in [0.05, 0.1) is 0 Å². The Morgan fingerprint density at radius 2 is 2.05 bits per heavy atom. The van der Waals surface area contributed by atoms with Crippen LogP contribution in [0.15, 0.2) is 35.8 Å². The lowest BCUT2D eigenvalue weighted by atomic mass is 9.94. The van der Waals surface area contributed by atoms with Crippen molar-refractivity contribution in [3.63, 3.8) is 0 Å². The number of thiazole rings is 1. The minimum atomic E-state index is 0.115. The molecule has 0 unspecified atom stereocenters. The first-order valence-corrected chi connectivity index (χ1v) is 8.20. The van der Waals surface area contributed by atoms with Crippen LogP contribution < -0.4 is 10.6 Å². The van der Waals surface area contributed by atoms with Gasteiger partial charge in [-0.2, -0.15) is 0 Å². The summed E-state index contributed by atoms with van der Waals surface area (Å²) in [5.41, 5.74) is 1.94. The number of nitrogens with one attached hydrogen (secondary N) is 2. The first-order valence-electron chi connectivity index (χ1n) is 7.32.